The summed E-state index contributed by atoms with van der Waals surface area (Å²) in [5, 5.41) is 0. The summed E-state index contributed by atoms with van der Waals surface area (Å²) >= 11 is 0. The second-order valence-corrected chi connectivity index (χ2v) is 1.91. The van der Waals surface area contributed by atoms with Crippen LogP contribution < -0.4 is 0 Å². The van der Waals surface area contributed by atoms with Crippen LogP contribution in [0.5, 0.6) is 0 Å². The molecule has 1 aromatic carbocycles. The predicted molar refractivity (Wildman–Crippen MR) is 44.8 cm³/mol. The summed E-state index contributed by atoms with van der Waals surface area (Å²) in [6.07, 6.45) is 4.12. The Morgan fingerprint density at radius 1 is 1.10 bits per heavy atom. The lowest BCUT2D eigenvalue weighted by Crippen LogP contribution is -1.65. The molecule has 54 valence electrons. The molecule has 1 heteroatoms. The van der Waals surface area contributed by atoms with Gasteiger partial charge in [0.2, 0.25) is 0 Å². The highest BCUT2D eigenvalue weighted by Gasteiger charge is 1.77. The summed E-state index contributed by atoms with van der Waals surface area (Å²) in [7, 11) is 0. The van der Waals surface area contributed by atoms with Gasteiger partial charge in [-0.1, -0.05) is 42.5 Å². The first-order chi connectivity index (χ1) is 4.43. The number of rotatable bonds is 1. The van der Waals surface area contributed by atoms with Gasteiger partial charge in [-0.25, -0.2) is 0 Å². The fourth-order valence-electron chi connectivity index (χ4n) is 0.757. The number of allylic oxidation sites excluding steroid dienone is 1. The molecule has 1 nitrogen and oxygen atoms in total. The molecule has 0 aliphatic rings. The molecule has 0 bridgehead atoms. The minimum absolute atomic E-state index is 0. The van der Waals surface area contributed by atoms with E-state index in [1.807, 2.05) is 31.2 Å². The molecule has 0 aromatic heterocycles. The third-order valence-electron chi connectivity index (χ3n) is 1.16. The van der Waals surface area contributed by atoms with Gasteiger partial charge in [-0.3, -0.25) is 0 Å². The van der Waals surface area contributed by atoms with Crippen LogP contribution in [-0.4, -0.2) is 5.48 Å². The standard InChI is InChI=1S/C9H10.H2O/c1-2-6-9-7-4-3-5-8-9;/h2-8H,1H3;1H2/b6-2+;. The molecule has 0 heterocycles. The summed E-state index contributed by atoms with van der Waals surface area (Å²) in [5.74, 6) is 0. The average molecular weight is 136 g/mol. The van der Waals surface area contributed by atoms with E-state index in [1.165, 1.54) is 5.56 Å². The van der Waals surface area contributed by atoms with E-state index in [4.69, 9.17) is 0 Å². The lowest BCUT2D eigenvalue weighted by Gasteiger charge is -1.86. The Kier molecular flexibility index (Phi) is 4.25. The molecule has 0 radical (unpaired) electrons. The van der Waals surface area contributed by atoms with Crippen molar-refractivity contribution < 1.29 is 5.48 Å². The van der Waals surface area contributed by atoms with Gasteiger partial charge >= 0.3 is 0 Å². The van der Waals surface area contributed by atoms with Gasteiger partial charge in [0.05, 0.1) is 0 Å². The topological polar surface area (TPSA) is 31.5 Å². The largest absolute Gasteiger partial charge is 0.412 e. The first kappa shape index (κ1) is 8.92. The normalized spacial score (nSPS) is 9.30. The molecule has 0 aliphatic heterocycles. The molecule has 1 rings (SSSR count). The quantitative estimate of drug-likeness (QED) is 0.564. The maximum Gasteiger partial charge on any atom is -0.0260 e. The Hall–Kier alpha value is -1.08. The van der Waals surface area contributed by atoms with Crippen molar-refractivity contribution in [3.63, 3.8) is 0 Å². The predicted octanol–water partition coefficient (Wildman–Crippen LogP) is 1.90. The second kappa shape index (κ2) is 4.77. The Bertz CT molecular complexity index is 189. The van der Waals surface area contributed by atoms with Crippen molar-refractivity contribution >= 4 is 6.08 Å². The lowest BCUT2D eigenvalue weighted by atomic mass is 10.2. The van der Waals surface area contributed by atoms with Gasteiger partial charge in [0.15, 0.2) is 0 Å². The van der Waals surface area contributed by atoms with Crippen LogP contribution >= 0.6 is 0 Å². The van der Waals surface area contributed by atoms with Crippen LogP contribution in [0.1, 0.15) is 12.5 Å². The Morgan fingerprint density at radius 2 is 1.70 bits per heavy atom. The van der Waals surface area contributed by atoms with E-state index in [0.29, 0.717) is 0 Å². The van der Waals surface area contributed by atoms with Gasteiger partial charge in [0.1, 0.15) is 0 Å². The Morgan fingerprint density at radius 3 is 2.20 bits per heavy atom. The molecule has 0 aliphatic carbocycles. The molecular weight excluding hydrogens is 124 g/mol. The molecule has 0 saturated carbocycles. The monoisotopic (exact) mass is 136 g/mol. The van der Waals surface area contributed by atoms with E-state index < -0.39 is 0 Å². The van der Waals surface area contributed by atoms with Crippen molar-refractivity contribution in [2.75, 3.05) is 0 Å². The van der Waals surface area contributed by atoms with Crippen molar-refractivity contribution in [2.24, 2.45) is 0 Å². The third kappa shape index (κ3) is 2.46. The highest BCUT2D eigenvalue weighted by molar-refractivity contribution is 5.47. The van der Waals surface area contributed by atoms with Crippen molar-refractivity contribution in [1.82, 2.24) is 0 Å². The maximum atomic E-state index is 2.08. The molecule has 10 heavy (non-hydrogen) atoms. The summed E-state index contributed by atoms with van der Waals surface area (Å²) in [6, 6.07) is 10.3. The number of hydrogen-bond donors (Lipinski definition) is 0. The van der Waals surface area contributed by atoms with Crippen molar-refractivity contribution in [2.45, 2.75) is 6.92 Å². The molecule has 0 spiro atoms. The average Bonchev–Trinajstić information content (AvgIpc) is 1.91. The summed E-state index contributed by atoms with van der Waals surface area (Å²) < 4.78 is 0. The fraction of sp³-hybridized carbons (Fsp3) is 0.111. The molecule has 1 aromatic rings. The van der Waals surface area contributed by atoms with Gasteiger partial charge in [-0.05, 0) is 12.5 Å². The highest BCUT2D eigenvalue weighted by atomic mass is 16.0. The number of hydrogen-bond acceptors (Lipinski definition) is 0. The summed E-state index contributed by atoms with van der Waals surface area (Å²) in [4.78, 5) is 0. The van der Waals surface area contributed by atoms with E-state index in [2.05, 4.69) is 18.2 Å². The van der Waals surface area contributed by atoms with E-state index in [0.717, 1.165) is 0 Å². The maximum absolute atomic E-state index is 2.08. The van der Waals surface area contributed by atoms with E-state index in [9.17, 15) is 0 Å². The Balaban J connectivity index is 0.000000810. The van der Waals surface area contributed by atoms with Gasteiger partial charge in [-0.15, -0.1) is 0 Å². The van der Waals surface area contributed by atoms with E-state index >= 15 is 0 Å². The van der Waals surface area contributed by atoms with Gasteiger partial charge in [0, 0.05) is 0 Å². The molecule has 0 atom stereocenters. The minimum atomic E-state index is 0. The molecule has 2 N–H and O–H groups in total. The van der Waals surface area contributed by atoms with Crippen LogP contribution in [-0.2, 0) is 0 Å². The number of benzene rings is 1. The summed E-state index contributed by atoms with van der Waals surface area (Å²) in [6.45, 7) is 2.02. The fourth-order valence-corrected chi connectivity index (χ4v) is 0.757. The zero-order chi connectivity index (χ0) is 6.53. The van der Waals surface area contributed by atoms with Crippen LogP contribution in [0.3, 0.4) is 0 Å². The van der Waals surface area contributed by atoms with Crippen molar-refractivity contribution in [1.29, 1.82) is 0 Å². The molecular formula is C9H12O. The Labute approximate surface area is 61.3 Å². The van der Waals surface area contributed by atoms with Gasteiger partial charge < -0.3 is 5.48 Å². The highest BCUT2D eigenvalue weighted by Crippen LogP contribution is 1.99. The van der Waals surface area contributed by atoms with E-state index in [-0.39, 0.29) is 5.48 Å². The zero-order valence-corrected chi connectivity index (χ0v) is 6.04. The van der Waals surface area contributed by atoms with Gasteiger partial charge in [-0.2, -0.15) is 0 Å². The van der Waals surface area contributed by atoms with Crippen LogP contribution in [0.25, 0.3) is 6.08 Å². The van der Waals surface area contributed by atoms with Crippen molar-refractivity contribution in [3.05, 3.63) is 42.0 Å². The third-order valence-corrected chi connectivity index (χ3v) is 1.16. The first-order valence-electron chi connectivity index (χ1n) is 3.11. The molecule has 0 amide bonds. The molecule has 0 saturated heterocycles. The molecule has 0 unspecified atom stereocenters. The SMILES string of the molecule is C/C=C/c1ccccc1.O. The lowest BCUT2D eigenvalue weighted by molar-refractivity contribution is 0.824. The molecule has 0 fully saturated rings. The second-order valence-electron chi connectivity index (χ2n) is 1.91. The van der Waals surface area contributed by atoms with Crippen LogP contribution in [0.4, 0.5) is 0 Å². The van der Waals surface area contributed by atoms with Crippen LogP contribution in [0, 0.1) is 0 Å². The minimum Gasteiger partial charge on any atom is -0.412 e. The summed E-state index contributed by atoms with van der Waals surface area (Å²) in [5.41, 5.74) is 1.26. The smallest absolute Gasteiger partial charge is 0.0260 e. The van der Waals surface area contributed by atoms with Crippen molar-refractivity contribution in [3.8, 4) is 0 Å². The van der Waals surface area contributed by atoms with Crippen LogP contribution in [0.15, 0.2) is 36.4 Å². The van der Waals surface area contributed by atoms with Crippen LogP contribution in [0.2, 0.25) is 0 Å². The van der Waals surface area contributed by atoms with E-state index in [1.54, 1.807) is 0 Å². The first-order valence-corrected chi connectivity index (χ1v) is 3.11. The zero-order valence-electron chi connectivity index (χ0n) is 6.04. The van der Waals surface area contributed by atoms with Gasteiger partial charge in [0.25, 0.3) is 0 Å².